The highest BCUT2D eigenvalue weighted by molar-refractivity contribution is 6.10. The van der Waals surface area contributed by atoms with Crippen LogP contribution in [-0.2, 0) is 9.59 Å². The summed E-state index contributed by atoms with van der Waals surface area (Å²) in [4.78, 5) is 59.7. The topological polar surface area (TPSA) is 246 Å². The van der Waals surface area contributed by atoms with Gasteiger partial charge in [0.25, 0.3) is 0 Å². The van der Waals surface area contributed by atoms with E-state index in [0.29, 0.717) is 117 Å². The average molecular weight is 1060 g/mol. The number of hydrogen-bond donors (Lipinski definition) is 4. The lowest BCUT2D eigenvalue weighted by atomic mass is 9.60. The predicted molar refractivity (Wildman–Crippen MR) is 292 cm³/mol. The largest absolute Gasteiger partial charge is 0.511 e. The minimum atomic E-state index is -1.16. The van der Waals surface area contributed by atoms with Crippen molar-refractivity contribution in [1.29, 1.82) is 10.8 Å². The van der Waals surface area contributed by atoms with Gasteiger partial charge in [-0.15, -0.1) is 5.10 Å². The molecule has 78 heavy (non-hydrogen) atoms. The standard InChI is InChI=1S/C59H71N13O6/c1-34(42-17-11-26-69(42)3)77-48-30-46(71-28-10-13-37-32-63-68-56(37)71)64-54(66-48)51(61)40-15-8-23-59(53(40)76)24-20-36(29-45(59)74)41-33-72(57-38(41)16-9-25-62-57)47-31-49(78-35(2)43-18-12-27-70(43)4)67-55(65-47)50(60)39-14-7-22-58(52(39)75)21-6-5-19-44(58)73/h9-10,13,16,25,28,30-32,34-36,41-43,60-61,75-76H,5-8,11-12,14-15,17-24,26-27,29,33H2,1-4H3/t34-,35-,36?,41?,42-,43-,58+,59-/m0/s1. The summed E-state index contributed by atoms with van der Waals surface area (Å²) >= 11 is 0. The molecule has 8 heterocycles. The van der Waals surface area contributed by atoms with Crippen LogP contribution in [0.1, 0.15) is 146 Å². The van der Waals surface area contributed by atoms with Crippen LogP contribution in [-0.4, -0.2) is 141 Å². The average Bonchev–Trinajstić information content (AvgIpc) is 4.38. The van der Waals surface area contributed by atoms with Crippen molar-refractivity contribution in [2.45, 2.75) is 153 Å². The molecule has 9 aliphatic rings. The van der Waals surface area contributed by atoms with Crippen molar-refractivity contribution in [3.8, 4) is 29.0 Å². The summed E-state index contributed by atoms with van der Waals surface area (Å²) in [6.07, 6.45) is 16.0. The molecule has 0 radical (unpaired) electrons. The van der Waals surface area contributed by atoms with E-state index < -0.39 is 10.8 Å². The molecule has 3 aromatic rings. The van der Waals surface area contributed by atoms with Crippen LogP contribution in [0.2, 0.25) is 0 Å². The number of carbonyl (C=O) groups excluding carboxylic acids is 2. The molecule has 0 bridgehead atoms. The molecular weight excluding hydrogens is 987 g/mol. The van der Waals surface area contributed by atoms with Gasteiger partial charge in [0.05, 0.1) is 17.0 Å². The monoisotopic (exact) mass is 1060 g/mol. The van der Waals surface area contributed by atoms with Crippen LogP contribution in [0.25, 0.3) is 17.2 Å². The van der Waals surface area contributed by atoms with Crippen molar-refractivity contribution in [3.63, 3.8) is 0 Å². The van der Waals surface area contributed by atoms with Gasteiger partial charge >= 0.3 is 0 Å². The molecule has 2 saturated carbocycles. The minimum absolute atomic E-state index is 0.00642. The van der Waals surface area contributed by atoms with Crippen LogP contribution >= 0.6 is 0 Å². The normalized spacial score (nSPS) is 27.8. The maximum atomic E-state index is 15.0. The predicted octanol–water partition coefficient (Wildman–Crippen LogP) is 9.22. The van der Waals surface area contributed by atoms with Gasteiger partial charge in [0.1, 0.15) is 64.2 Å². The lowest BCUT2D eigenvalue weighted by molar-refractivity contribution is -0.134. The second-order valence-corrected chi connectivity index (χ2v) is 23.3. The third-order valence-corrected chi connectivity index (χ3v) is 18.8. The molecule has 2 unspecified atom stereocenters. The van der Waals surface area contributed by atoms with E-state index in [0.717, 1.165) is 62.7 Å². The molecule has 2 spiro atoms. The van der Waals surface area contributed by atoms with Crippen molar-refractivity contribution in [2.75, 3.05) is 38.6 Å². The summed E-state index contributed by atoms with van der Waals surface area (Å²) in [7, 11) is 4.20. The molecule has 19 nitrogen and oxygen atoms in total. The molecule has 0 amide bonds. The maximum Gasteiger partial charge on any atom is 0.219 e. The Morgan fingerprint density at radius 3 is 1.95 bits per heavy atom. The van der Waals surface area contributed by atoms with Crippen molar-refractivity contribution < 1.29 is 29.3 Å². The number of likely N-dealkylation sites (tertiary alicyclic amines) is 2. The highest BCUT2D eigenvalue weighted by atomic mass is 16.5. The molecule has 5 aliphatic heterocycles. The van der Waals surface area contributed by atoms with E-state index in [2.05, 4.69) is 40.2 Å². The number of aliphatic hydroxyl groups is 2. The number of ether oxygens (including phenoxy) is 2. The first-order valence-corrected chi connectivity index (χ1v) is 28.4. The van der Waals surface area contributed by atoms with Gasteiger partial charge in [0.2, 0.25) is 11.8 Å². The third kappa shape index (κ3) is 9.03. The van der Waals surface area contributed by atoms with Gasteiger partial charge < -0.3 is 24.6 Å². The van der Waals surface area contributed by atoms with E-state index in [9.17, 15) is 25.8 Å². The zero-order valence-electron chi connectivity index (χ0n) is 45.2. The van der Waals surface area contributed by atoms with Crippen molar-refractivity contribution in [1.82, 2.24) is 49.5 Å². The molecule has 2 saturated heterocycles. The first-order valence-electron chi connectivity index (χ1n) is 28.4. The van der Waals surface area contributed by atoms with E-state index in [1.54, 1.807) is 23.0 Å². The Hall–Kier alpha value is -6.99. The Balaban J connectivity index is 0.832. The quantitative estimate of drug-likeness (QED) is 0.0803. The van der Waals surface area contributed by atoms with E-state index in [4.69, 9.17) is 34.4 Å². The molecule has 4 aliphatic carbocycles. The van der Waals surface area contributed by atoms with Crippen molar-refractivity contribution >= 4 is 34.6 Å². The Labute approximate surface area is 455 Å². The number of nitrogens with one attached hydrogen (secondary N) is 2. The third-order valence-electron chi connectivity index (χ3n) is 18.8. The number of pyridine rings is 2. The first kappa shape index (κ1) is 51.7. The number of fused-ring (bicyclic) bond motifs is 2. The minimum Gasteiger partial charge on any atom is -0.511 e. The highest BCUT2D eigenvalue weighted by Gasteiger charge is 2.52. The molecule has 408 valence electrons. The Morgan fingerprint density at radius 1 is 0.718 bits per heavy atom. The van der Waals surface area contributed by atoms with E-state index in [1.165, 1.54) is 0 Å². The Bertz CT molecular complexity index is 3230. The fraction of sp³-hybridized carbons (Fsp3) is 0.542. The van der Waals surface area contributed by atoms with Gasteiger partial charge in [-0.1, -0.05) is 12.5 Å². The highest BCUT2D eigenvalue weighted by Crippen LogP contribution is 2.54. The number of aromatic nitrogens is 8. The van der Waals surface area contributed by atoms with Gasteiger partial charge in [-0.25, -0.2) is 15.0 Å². The molecule has 0 aromatic carbocycles. The van der Waals surface area contributed by atoms with Crippen molar-refractivity contribution in [3.05, 3.63) is 94.9 Å². The number of Topliss-reactive ketones (excluding diaryl/α,β-unsaturated/α-hetero) is 2. The number of anilines is 2. The van der Waals surface area contributed by atoms with E-state index in [-0.39, 0.29) is 88.7 Å². The molecule has 8 atom stereocenters. The lowest BCUT2D eigenvalue weighted by Gasteiger charge is -2.43. The number of nitrogens with zero attached hydrogens (tertiary/aromatic N) is 11. The number of ketones is 2. The van der Waals surface area contributed by atoms with Gasteiger partial charge in [-0.05, 0) is 155 Å². The summed E-state index contributed by atoms with van der Waals surface area (Å²) in [5.74, 6) is 2.70. The number of carbonyl (C=O) groups is 2. The number of allylic oxidation sites excluding steroid dienone is 4. The van der Waals surface area contributed by atoms with E-state index >= 15 is 4.79 Å². The zero-order valence-corrected chi connectivity index (χ0v) is 45.2. The molecular formula is C59H71N13O6. The summed E-state index contributed by atoms with van der Waals surface area (Å²) in [6, 6.07) is 11.7. The first-order chi connectivity index (χ1) is 37.7. The lowest BCUT2D eigenvalue weighted by Crippen LogP contribution is -2.43. The zero-order chi connectivity index (χ0) is 54.0. The summed E-state index contributed by atoms with van der Waals surface area (Å²) in [5, 5.41) is 52.2. The van der Waals surface area contributed by atoms with Gasteiger partial charge in [0, 0.05) is 84.2 Å². The number of likely N-dealkylation sites (N-methyl/N-ethyl adjacent to an activating group) is 2. The molecule has 4 N–H and O–H groups in total. The Morgan fingerprint density at radius 2 is 1.33 bits per heavy atom. The van der Waals surface area contributed by atoms with Crippen LogP contribution < -0.4 is 14.4 Å². The number of rotatable bonds is 13. The fourth-order valence-electron chi connectivity index (χ4n) is 14.5. The van der Waals surface area contributed by atoms with Gasteiger partial charge in [-0.3, -0.25) is 34.8 Å². The van der Waals surface area contributed by atoms with E-state index in [1.807, 2.05) is 49.2 Å². The van der Waals surface area contributed by atoms with Crippen LogP contribution in [0.5, 0.6) is 11.8 Å². The van der Waals surface area contributed by atoms with Crippen LogP contribution in [0.3, 0.4) is 0 Å². The summed E-state index contributed by atoms with van der Waals surface area (Å²) in [5.41, 5.74) is 0.386. The molecule has 3 aromatic heterocycles. The van der Waals surface area contributed by atoms with Crippen LogP contribution in [0, 0.1) is 27.6 Å². The maximum absolute atomic E-state index is 15.0. The van der Waals surface area contributed by atoms with Gasteiger partial charge in [0.15, 0.2) is 17.5 Å². The number of hydrogen-bond acceptors (Lipinski definition) is 18. The SMILES string of the molecule is C[C@H](Oc1cc(N2CC(C3CC[C@@]4(CCCC(C(=N)c5nc(O[C@@H](C)[C@@H]6CCCN6C)cc(-n6cccc7cnnc6-7)n5)=C4O)C(=O)C3)c3cccnc32)nc(C(=N)C2=C(O)[C@]3(CCCCC3=O)CCC2)n1)[C@@H]1CCCN1C. The number of aliphatic hydroxyl groups excluding tert-OH is 2. The van der Waals surface area contributed by atoms with Gasteiger partial charge in [-0.2, -0.15) is 15.1 Å². The summed E-state index contributed by atoms with van der Waals surface area (Å²) < 4.78 is 15.0. The second-order valence-electron chi connectivity index (χ2n) is 23.3. The Kier molecular flexibility index (Phi) is 13.7. The van der Waals surface area contributed by atoms with Crippen LogP contribution in [0.15, 0.2) is 77.7 Å². The smallest absolute Gasteiger partial charge is 0.219 e. The fourth-order valence-corrected chi connectivity index (χ4v) is 14.5. The molecule has 4 fully saturated rings. The van der Waals surface area contributed by atoms with Crippen molar-refractivity contribution in [2.24, 2.45) is 16.7 Å². The second kappa shape index (κ2) is 20.7. The molecule has 12 rings (SSSR count). The summed E-state index contributed by atoms with van der Waals surface area (Å²) in [6.45, 7) is 6.49. The molecule has 19 heteroatoms. The van der Waals surface area contributed by atoms with Crippen LogP contribution in [0.4, 0.5) is 11.6 Å².